The lowest BCUT2D eigenvalue weighted by molar-refractivity contribution is 0.282. The van der Waals surface area contributed by atoms with Gasteiger partial charge in [-0.3, -0.25) is 0 Å². The van der Waals surface area contributed by atoms with Crippen molar-refractivity contribution in [3.05, 3.63) is 29.3 Å². The van der Waals surface area contributed by atoms with Gasteiger partial charge in [-0.1, -0.05) is 12.1 Å². The molecule has 3 heteroatoms. The number of anilines is 1. The van der Waals surface area contributed by atoms with Crippen molar-refractivity contribution in [2.45, 2.75) is 6.61 Å². The first-order chi connectivity index (χ1) is 5.83. The molecule has 0 unspecified atom stereocenters. The van der Waals surface area contributed by atoms with Gasteiger partial charge in [0.2, 0.25) is 0 Å². The molecule has 64 valence electrons. The van der Waals surface area contributed by atoms with Gasteiger partial charge in [-0.2, -0.15) is 0 Å². The van der Waals surface area contributed by atoms with Crippen LogP contribution in [0.3, 0.4) is 0 Å². The predicted octanol–water partition coefficient (Wildman–Crippen LogP) is 1.22. The predicted molar refractivity (Wildman–Crippen MR) is 49.8 cm³/mol. The molecule has 0 fully saturated rings. The molecular formula is C9H12N2O. The molecule has 0 heterocycles. The van der Waals surface area contributed by atoms with Crippen molar-refractivity contribution < 1.29 is 5.11 Å². The molecule has 3 N–H and O–H groups in total. The Balaban J connectivity index is 3.21. The number of benzene rings is 1. The second kappa shape index (κ2) is 3.88. The van der Waals surface area contributed by atoms with Crippen LogP contribution in [0, 0.1) is 5.41 Å². The largest absolute Gasteiger partial charge is 0.392 e. The van der Waals surface area contributed by atoms with E-state index in [9.17, 15) is 0 Å². The highest BCUT2D eigenvalue weighted by molar-refractivity contribution is 5.87. The van der Waals surface area contributed by atoms with Crippen LogP contribution in [0.15, 0.2) is 18.2 Å². The van der Waals surface area contributed by atoms with Gasteiger partial charge >= 0.3 is 0 Å². The van der Waals surface area contributed by atoms with Gasteiger partial charge in [0.25, 0.3) is 0 Å². The second-order valence-electron chi connectivity index (χ2n) is 2.43. The van der Waals surface area contributed by atoms with E-state index in [1.54, 1.807) is 13.1 Å². The van der Waals surface area contributed by atoms with Crippen molar-refractivity contribution in [1.29, 1.82) is 5.41 Å². The Hall–Kier alpha value is -1.35. The molecule has 0 aromatic heterocycles. The summed E-state index contributed by atoms with van der Waals surface area (Å²) >= 11 is 0. The fraction of sp³-hybridized carbons (Fsp3) is 0.222. The monoisotopic (exact) mass is 164 g/mol. The second-order valence-corrected chi connectivity index (χ2v) is 2.43. The van der Waals surface area contributed by atoms with Crippen LogP contribution < -0.4 is 5.32 Å². The van der Waals surface area contributed by atoms with Crippen molar-refractivity contribution in [3.8, 4) is 0 Å². The molecule has 0 amide bonds. The topological polar surface area (TPSA) is 56.1 Å². The van der Waals surface area contributed by atoms with Gasteiger partial charge in [0.15, 0.2) is 0 Å². The van der Waals surface area contributed by atoms with Gasteiger partial charge in [-0.25, -0.2) is 0 Å². The Labute approximate surface area is 71.6 Å². The molecule has 0 bridgehead atoms. The molecule has 3 nitrogen and oxygen atoms in total. The highest BCUT2D eigenvalue weighted by Crippen LogP contribution is 2.17. The Morgan fingerprint density at radius 3 is 2.83 bits per heavy atom. The van der Waals surface area contributed by atoms with Crippen LogP contribution >= 0.6 is 0 Å². The molecule has 0 aliphatic carbocycles. The minimum absolute atomic E-state index is 0.0275. The number of aliphatic hydroxyl groups is 1. The summed E-state index contributed by atoms with van der Waals surface area (Å²) in [6.45, 7) is -0.0275. The van der Waals surface area contributed by atoms with E-state index in [4.69, 9.17) is 10.5 Å². The Morgan fingerprint density at radius 2 is 2.33 bits per heavy atom. The summed E-state index contributed by atoms with van der Waals surface area (Å²) in [7, 11) is 1.80. The van der Waals surface area contributed by atoms with Crippen LogP contribution in [-0.4, -0.2) is 18.4 Å². The molecule has 1 aromatic rings. The molecule has 0 saturated carbocycles. The Kier molecular flexibility index (Phi) is 2.82. The van der Waals surface area contributed by atoms with E-state index in [1.165, 1.54) is 6.21 Å². The van der Waals surface area contributed by atoms with Gasteiger partial charge < -0.3 is 15.8 Å². The molecule has 0 radical (unpaired) electrons. The molecular weight excluding hydrogens is 152 g/mol. The zero-order valence-electron chi connectivity index (χ0n) is 6.96. The molecule has 0 aliphatic rings. The smallest absolute Gasteiger partial charge is 0.0688 e. The van der Waals surface area contributed by atoms with Gasteiger partial charge in [-0.15, -0.1) is 0 Å². The highest BCUT2D eigenvalue weighted by atomic mass is 16.3. The van der Waals surface area contributed by atoms with Gasteiger partial charge in [0, 0.05) is 24.5 Å². The van der Waals surface area contributed by atoms with Crippen molar-refractivity contribution in [2.75, 3.05) is 12.4 Å². The normalized spacial score (nSPS) is 9.50. The SMILES string of the molecule is CNc1cccc(CO)c1C=N. The van der Waals surface area contributed by atoms with Gasteiger partial charge in [-0.05, 0) is 11.6 Å². The minimum Gasteiger partial charge on any atom is -0.392 e. The maximum atomic E-state index is 8.94. The van der Waals surface area contributed by atoms with Crippen LogP contribution in [0.5, 0.6) is 0 Å². The number of nitrogens with one attached hydrogen (secondary N) is 2. The summed E-state index contributed by atoms with van der Waals surface area (Å²) in [5.74, 6) is 0. The van der Waals surface area contributed by atoms with Crippen LogP contribution in [0.1, 0.15) is 11.1 Å². The van der Waals surface area contributed by atoms with Gasteiger partial charge in [0.1, 0.15) is 0 Å². The first kappa shape index (κ1) is 8.74. The summed E-state index contributed by atoms with van der Waals surface area (Å²) < 4.78 is 0. The number of aliphatic hydroxyl groups excluding tert-OH is 1. The van der Waals surface area contributed by atoms with Crippen LogP contribution in [0.25, 0.3) is 0 Å². The molecule has 1 aromatic carbocycles. The molecule has 0 spiro atoms. The summed E-state index contributed by atoms with van der Waals surface area (Å²) in [6.07, 6.45) is 1.25. The maximum absolute atomic E-state index is 8.94. The Bertz CT molecular complexity index is 262. The van der Waals surface area contributed by atoms with Gasteiger partial charge in [0.05, 0.1) is 6.61 Å². The summed E-state index contributed by atoms with van der Waals surface area (Å²) in [5, 5.41) is 19.1. The molecule has 1 rings (SSSR count). The fourth-order valence-corrected chi connectivity index (χ4v) is 1.14. The maximum Gasteiger partial charge on any atom is 0.0688 e. The molecule has 0 saturated heterocycles. The standard InChI is InChI=1S/C9H12N2O/c1-11-9-4-2-3-7(6-12)8(9)5-10/h2-5,10-12H,6H2,1H3. The van der Waals surface area contributed by atoms with Crippen LogP contribution in [0.2, 0.25) is 0 Å². The van der Waals surface area contributed by atoms with Crippen LogP contribution in [-0.2, 0) is 6.61 Å². The van der Waals surface area contributed by atoms with E-state index < -0.39 is 0 Å². The zero-order valence-corrected chi connectivity index (χ0v) is 6.96. The Morgan fingerprint density at radius 1 is 1.58 bits per heavy atom. The number of hydrogen-bond donors (Lipinski definition) is 3. The summed E-state index contributed by atoms with van der Waals surface area (Å²) in [6, 6.07) is 5.53. The lowest BCUT2D eigenvalue weighted by Gasteiger charge is -2.07. The number of hydrogen-bond acceptors (Lipinski definition) is 3. The van der Waals surface area contributed by atoms with Crippen molar-refractivity contribution in [1.82, 2.24) is 0 Å². The fourth-order valence-electron chi connectivity index (χ4n) is 1.14. The molecule has 12 heavy (non-hydrogen) atoms. The van der Waals surface area contributed by atoms with E-state index in [2.05, 4.69) is 5.32 Å². The summed E-state index contributed by atoms with van der Waals surface area (Å²) in [5.41, 5.74) is 2.40. The zero-order chi connectivity index (χ0) is 8.97. The third kappa shape index (κ3) is 1.46. The quantitative estimate of drug-likeness (QED) is 0.588. The van der Waals surface area contributed by atoms with Crippen molar-refractivity contribution >= 4 is 11.9 Å². The first-order valence-corrected chi connectivity index (χ1v) is 3.74. The average Bonchev–Trinajstić information content (AvgIpc) is 2.16. The summed E-state index contributed by atoms with van der Waals surface area (Å²) in [4.78, 5) is 0. The van der Waals surface area contributed by atoms with Crippen molar-refractivity contribution in [3.63, 3.8) is 0 Å². The minimum atomic E-state index is -0.0275. The third-order valence-electron chi connectivity index (χ3n) is 1.78. The highest BCUT2D eigenvalue weighted by Gasteiger charge is 2.02. The number of rotatable bonds is 3. The molecule has 0 aliphatic heterocycles. The van der Waals surface area contributed by atoms with E-state index >= 15 is 0 Å². The van der Waals surface area contributed by atoms with E-state index in [1.807, 2.05) is 12.1 Å². The average molecular weight is 164 g/mol. The van der Waals surface area contributed by atoms with Crippen LogP contribution in [0.4, 0.5) is 5.69 Å². The van der Waals surface area contributed by atoms with E-state index in [0.717, 1.165) is 16.8 Å². The third-order valence-corrected chi connectivity index (χ3v) is 1.78. The first-order valence-electron chi connectivity index (χ1n) is 3.74. The lowest BCUT2D eigenvalue weighted by Crippen LogP contribution is -1.99. The van der Waals surface area contributed by atoms with Crippen molar-refractivity contribution in [2.24, 2.45) is 0 Å². The van der Waals surface area contributed by atoms with E-state index in [0.29, 0.717) is 0 Å². The lowest BCUT2D eigenvalue weighted by atomic mass is 10.1. The molecule has 0 atom stereocenters. The van der Waals surface area contributed by atoms with E-state index in [-0.39, 0.29) is 6.61 Å².